The monoisotopic (exact) mass is 249 g/mol. The minimum Gasteiger partial charge on any atom is -0.454 e. The summed E-state index contributed by atoms with van der Waals surface area (Å²) in [7, 11) is 0. The van der Waals surface area contributed by atoms with E-state index in [0.29, 0.717) is 11.5 Å². The molecule has 1 aromatic rings. The van der Waals surface area contributed by atoms with E-state index in [4.69, 9.17) is 26.8 Å². The molecule has 3 nitrogen and oxygen atoms in total. The predicted octanol–water partition coefficient (Wildman–Crippen LogP) is 2.51. The molecule has 0 bridgehead atoms. The van der Waals surface area contributed by atoms with Gasteiger partial charge in [0.1, 0.15) is 0 Å². The first-order chi connectivity index (χ1) is 7.43. The highest BCUT2D eigenvalue weighted by atomic mass is 35.5. The summed E-state index contributed by atoms with van der Waals surface area (Å²) in [4.78, 5) is 0. The van der Waals surface area contributed by atoms with Gasteiger partial charge in [-0.05, 0) is 24.6 Å². The second kappa shape index (κ2) is 3.75. The van der Waals surface area contributed by atoms with Crippen molar-refractivity contribution in [1.29, 1.82) is 0 Å². The number of alkyl halides is 2. The van der Waals surface area contributed by atoms with Crippen molar-refractivity contribution in [3.8, 4) is 11.5 Å². The van der Waals surface area contributed by atoms with Crippen LogP contribution in [0.5, 0.6) is 11.5 Å². The molecule has 0 radical (unpaired) electrons. The molecule has 6 heteroatoms. The van der Waals surface area contributed by atoms with Gasteiger partial charge in [0, 0.05) is 0 Å². The fourth-order valence-electron chi connectivity index (χ4n) is 1.40. The maximum absolute atomic E-state index is 12.7. The van der Waals surface area contributed by atoms with E-state index in [0.717, 1.165) is 0 Å². The van der Waals surface area contributed by atoms with Gasteiger partial charge in [0.2, 0.25) is 6.79 Å². The predicted molar refractivity (Wildman–Crippen MR) is 55.1 cm³/mol. The third-order valence-corrected chi connectivity index (χ3v) is 2.78. The second-order valence-corrected chi connectivity index (χ2v) is 4.18. The Bertz CT molecular complexity index is 424. The normalized spacial score (nSPS) is 17.6. The zero-order chi connectivity index (χ0) is 11.9. The van der Waals surface area contributed by atoms with Crippen LogP contribution in [0.4, 0.5) is 8.78 Å². The Morgan fingerprint density at radius 1 is 1.44 bits per heavy atom. The molecule has 0 saturated carbocycles. The Balaban J connectivity index is 2.48. The zero-order valence-corrected chi connectivity index (χ0v) is 9.22. The highest BCUT2D eigenvalue weighted by Crippen LogP contribution is 2.42. The number of nitrogens with two attached hydrogens (primary N) is 1. The number of ether oxygens (including phenoxy) is 2. The molecule has 1 heterocycles. The van der Waals surface area contributed by atoms with Crippen molar-refractivity contribution in [3.63, 3.8) is 0 Å². The van der Waals surface area contributed by atoms with Crippen LogP contribution in [0.3, 0.4) is 0 Å². The lowest BCUT2D eigenvalue weighted by Crippen LogP contribution is -2.40. The van der Waals surface area contributed by atoms with Crippen LogP contribution < -0.4 is 15.2 Å². The minimum absolute atomic E-state index is 0.0362. The molecule has 2 rings (SSSR count). The lowest BCUT2D eigenvalue weighted by Gasteiger charge is -2.24. The fourth-order valence-corrected chi connectivity index (χ4v) is 1.67. The van der Waals surface area contributed by atoms with Gasteiger partial charge in [-0.1, -0.05) is 11.6 Å². The Kier molecular flexibility index (Phi) is 2.67. The van der Waals surface area contributed by atoms with Crippen LogP contribution in [-0.4, -0.2) is 13.2 Å². The average molecular weight is 250 g/mol. The molecule has 1 aliphatic heterocycles. The molecule has 0 fully saturated rings. The van der Waals surface area contributed by atoms with Crippen LogP contribution in [-0.2, 0) is 5.54 Å². The van der Waals surface area contributed by atoms with E-state index in [1.165, 1.54) is 19.1 Å². The molecule has 0 amide bonds. The molecule has 2 N–H and O–H groups in total. The summed E-state index contributed by atoms with van der Waals surface area (Å²) in [6.07, 6.45) is -2.69. The van der Waals surface area contributed by atoms with Crippen molar-refractivity contribution in [2.45, 2.75) is 18.9 Å². The SMILES string of the molecule is CC(N)(c1cc(Cl)c2c(c1)OCO2)C(F)F. The van der Waals surface area contributed by atoms with Gasteiger partial charge in [0.25, 0.3) is 6.43 Å². The summed E-state index contributed by atoms with van der Waals surface area (Å²) in [5.74, 6) is 0.718. The number of halogens is 3. The standard InChI is InChI=1S/C10H10ClF2NO2/c1-10(14,9(12)13)5-2-6(11)8-7(3-5)15-4-16-8/h2-3,9H,4,14H2,1H3. The van der Waals surface area contributed by atoms with Gasteiger partial charge in [-0.15, -0.1) is 0 Å². The molecule has 0 aliphatic carbocycles. The van der Waals surface area contributed by atoms with Crippen molar-refractivity contribution in [2.24, 2.45) is 5.73 Å². The highest BCUT2D eigenvalue weighted by molar-refractivity contribution is 6.32. The maximum Gasteiger partial charge on any atom is 0.260 e. The maximum atomic E-state index is 12.7. The molecule has 0 aromatic heterocycles. The van der Waals surface area contributed by atoms with Crippen LogP contribution >= 0.6 is 11.6 Å². The van der Waals surface area contributed by atoms with Crippen LogP contribution in [0.1, 0.15) is 12.5 Å². The van der Waals surface area contributed by atoms with Gasteiger partial charge in [-0.3, -0.25) is 0 Å². The van der Waals surface area contributed by atoms with Gasteiger partial charge in [-0.2, -0.15) is 0 Å². The molecule has 0 saturated heterocycles. The molecule has 1 atom stereocenters. The van der Waals surface area contributed by atoms with E-state index >= 15 is 0 Å². The molecule has 16 heavy (non-hydrogen) atoms. The molecule has 1 aromatic carbocycles. The lowest BCUT2D eigenvalue weighted by molar-refractivity contribution is 0.0624. The first kappa shape index (κ1) is 11.4. The average Bonchev–Trinajstić information content (AvgIpc) is 2.65. The molecule has 1 aliphatic rings. The van der Waals surface area contributed by atoms with E-state index in [1.807, 2.05) is 0 Å². The molecule has 0 spiro atoms. The zero-order valence-electron chi connectivity index (χ0n) is 8.47. The number of rotatable bonds is 2. The number of benzene rings is 1. The van der Waals surface area contributed by atoms with E-state index in [1.54, 1.807) is 0 Å². The Labute approximate surface area is 96.1 Å². The van der Waals surface area contributed by atoms with Crippen molar-refractivity contribution in [3.05, 3.63) is 22.7 Å². The summed E-state index contributed by atoms with van der Waals surface area (Å²) < 4.78 is 35.6. The van der Waals surface area contributed by atoms with E-state index in [9.17, 15) is 8.78 Å². The third-order valence-electron chi connectivity index (χ3n) is 2.50. The summed E-state index contributed by atoms with van der Waals surface area (Å²) in [6, 6.07) is 2.81. The van der Waals surface area contributed by atoms with E-state index in [-0.39, 0.29) is 17.4 Å². The Hall–Kier alpha value is -1.07. The summed E-state index contributed by atoms with van der Waals surface area (Å²) in [5, 5.41) is 0.224. The van der Waals surface area contributed by atoms with Gasteiger partial charge < -0.3 is 15.2 Å². The third kappa shape index (κ3) is 1.70. The van der Waals surface area contributed by atoms with E-state index < -0.39 is 12.0 Å². The topological polar surface area (TPSA) is 44.5 Å². The van der Waals surface area contributed by atoms with Crippen LogP contribution in [0.2, 0.25) is 5.02 Å². The fraction of sp³-hybridized carbons (Fsp3) is 0.400. The first-order valence-corrected chi connectivity index (χ1v) is 4.97. The first-order valence-electron chi connectivity index (χ1n) is 4.59. The van der Waals surface area contributed by atoms with Gasteiger partial charge in [0.05, 0.1) is 10.6 Å². The van der Waals surface area contributed by atoms with Gasteiger partial charge >= 0.3 is 0 Å². The van der Waals surface area contributed by atoms with Crippen molar-refractivity contribution in [2.75, 3.05) is 6.79 Å². The van der Waals surface area contributed by atoms with Crippen LogP contribution in [0.25, 0.3) is 0 Å². The molecular weight excluding hydrogens is 240 g/mol. The van der Waals surface area contributed by atoms with Crippen LogP contribution in [0.15, 0.2) is 12.1 Å². The van der Waals surface area contributed by atoms with Crippen molar-refractivity contribution >= 4 is 11.6 Å². The Morgan fingerprint density at radius 3 is 2.75 bits per heavy atom. The molecule has 88 valence electrons. The summed E-state index contributed by atoms with van der Waals surface area (Å²) in [5.41, 5.74) is 4.00. The van der Waals surface area contributed by atoms with Crippen molar-refractivity contribution < 1.29 is 18.3 Å². The molecule has 1 unspecified atom stereocenters. The number of fused-ring (bicyclic) bond motifs is 1. The second-order valence-electron chi connectivity index (χ2n) is 3.78. The van der Waals surface area contributed by atoms with Crippen molar-refractivity contribution in [1.82, 2.24) is 0 Å². The minimum atomic E-state index is -2.69. The number of hydrogen-bond donors (Lipinski definition) is 1. The largest absolute Gasteiger partial charge is 0.454 e. The number of hydrogen-bond acceptors (Lipinski definition) is 3. The summed E-state index contributed by atoms with van der Waals surface area (Å²) in [6.45, 7) is 1.28. The highest BCUT2D eigenvalue weighted by Gasteiger charge is 2.34. The van der Waals surface area contributed by atoms with Gasteiger partial charge in [-0.25, -0.2) is 8.78 Å². The summed E-state index contributed by atoms with van der Waals surface area (Å²) >= 11 is 5.88. The quantitative estimate of drug-likeness (QED) is 0.876. The smallest absolute Gasteiger partial charge is 0.260 e. The van der Waals surface area contributed by atoms with Crippen LogP contribution in [0, 0.1) is 0 Å². The van der Waals surface area contributed by atoms with E-state index in [2.05, 4.69) is 0 Å². The van der Waals surface area contributed by atoms with Gasteiger partial charge in [0.15, 0.2) is 11.5 Å². The lowest BCUT2D eigenvalue weighted by atomic mass is 9.93. The molecular formula is C10H10ClF2NO2. The Morgan fingerprint density at radius 2 is 2.12 bits per heavy atom.